The van der Waals surface area contributed by atoms with Crippen LogP contribution in [0.25, 0.3) is 0 Å². The molecule has 2 aliphatic heterocycles. The molecule has 1 amide bonds. The first-order chi connectivity index (χ1) is 11.3. The van der Waals surface area contributed by atoms with Crippen molar-refractivity contribution in [2.75, 3.05) is 32.2 Å². The molecule has 2 heterocycles. The largest absolute Gasteiger partial charge is 0.454 e. The van der Waals surface area contributed by atoms with Crippen LogP contribution in [-0.4, -0.2) is 43.0 Å². The second-order valence-electron chi connectivity index (χ2n) is 5.82. The van der Waals surface area contributed by atoms with Crippen LogP contribution in [0.4, 0.5) is 0 Å². The molecular weight excluding hydrogens is 312 g/mol. The number of nitrogens with one attached hydrogen (secondary N) is 1. The normalized spacial score (nSPS) is 19.6. The van der Waals surface area contributed by atoms with Gasteiger partial charge in [0.15, 0.2) is 11.5 Å². The van der Waals surface area contributed by atoms with E-state index in [1.54, 1.807) is 11.8 Å². The van der Waals surface area contributed by atoms with E-state index in [1.807, 2.05) is 23.1 Å². The molecule has 1 aromatic rings. The van der Waals surface area contributed by atoms with Gasteiger partial charge in [-0.05, 0) is 43.6 Å². The summed E-state index contributed by atoms with van der Waals surface area (Å²) in [4.78, 5) is 14.2. The van der Waals surface area contributed by atoms with E-state index in [9.17, 15) is 4.79 Å². The topological polar surface area (TPSA) is 50.8 Å². The van der Waals surface area contributed by atoms with Crippen molar-refractivity contribution in [3.8, 4) is 11.5 Å². The Kier molecular flexibility index (Phi) is 5.67. The molecule has 1 unspecified atom stereocenters. The monoisotopic (exact) mass is 336 g/mol. The van der Waals surface area contributed by atoms with Crippen molar-refractivity contribution in [1.29, 1.82) is 0 Å². The van der Waals surface area contributed by atoms with Crippen LogP contribution in [0, 0.1) is 0 Å². The van der Waals surface area contributed by atoms with Gasteiger partial charge in [-0.2, -0.15) is 0 Å². The Morgan fingerprint density at radius 3 is 2.96 bits per heavy atom. The molecule has 0 aliphatic carbocycles. The van der Waals surface area contributed by atoms with Gasteiger partial charge in [0, 0.05) is 6.54 Å². The fourth-order valence-electron chi connectivity index (χ4n) is 2.84. The van der Waals surface area contributed by atoms with E-state index < -0.39 is 0 Å². The van der Waals surface area contributed by atoms with Gasteiger partial charge in [-0.1, -0.05) is 19.4 Å². The second kappa shape index (κ2) is 7.93. The Balaban J connectivity index is 1.56. The van der Waals surface area contributed by atoms with Gasteiger partial charge in [0.25, 0.3) is 0 Å². The zero-order valence-electron chi connectivity index (χ0n) is 13.5. The van der Waals surface area contributed by atoms with E-state index in [0.29, 0.717) is 5.75 Å². The number of carbonyl (C=O) groups excluding carboxylic acids is 1. The molecule has 6 heteroatoms. The van der Waals surface area contributed by atoms with Crippen molar-refractivity contribution in [3.63, 3.8) is 0 Å². The van der Waals surface area contributed by atoms with E-state index in [4.69, 9.17) is 9.47 Å². The van der Waals surface area contributed by atoms with Crippen molar-refractivity contribution in [2.24, 2.45) is 0 Å². The maximum atomic E-state index is 12.2. The minimum Gasteiger partial charge on any atom is -0.454 e. The van der Waals surface area contributed by atoms with Gasteiger partial charge in [0.1, 0.15) is 5.37 Å². The molecule has 1 fully saturated rings. The molecule has 1 aromatic carbocycles. The number of amides is 1. The Morgan fingerprint density at radius 2 is 2.09 bits per heavy atom. The molecule has 3 rings (SSSR count). The highest BCUT2D eigenvalue weighted by molar-refractivity contribution is 8.00. The summed E-state index contributed by atoms with van der Waals surface area (Å²) in [5.74, 6) is 2.35. The molecule has 0 saturated carbocycles. The summed E-state index contributed by atoms with van der Waals surface area (Å²) >= 11 is 1.69. The average Bonchev–Trinajstić information content (AvgIpc) is 3.17. The first-order valence-corrected chi connectivity index (χ1v) is 9.36. The van der Waals surface area contributed by atoms with Gasteiger partial charge in [-0.3, -0.25) is 4.79 Å². The fraction of sp³-hybridized carbons (Fsp3) is 0.588. The molecule has 23 heavy (non-hydrogen) atoms. The SMILES string of the molecule is CCCCNCCCN1C(=O)CSC1c1ccc2c(c1)OCO2. The van der Waals surface area contributed by atoms with Crippen LogP contribution in [0.1, 0.15) is 37.1 Å². The first kappa shape index (κ1) is 16.5. The van der Waals surface area contributed by atoms with Gasteiger partial charge >= 0.3 is 0 Å². The lowest BCUT2D eigenvalue weighted by atomic mass is 10.1. The van der Waals surface area contributed by atoms with Gasteiger partial charge < -0.3 is 19.7 Å². The van der Waals surface area contributed by atoms with E-state index in [0.717, 1.165) is 43.1 Å². The molecule has 0 aromatic heterocycles. The molecule has 0 radical (unpaired) electrons. The maximum Gasteiger partial charge on any atom is 0.233 e. The van der Waals surface area contributed by atoms with Crippen molar-refractivity contribution in [2.45, 2.75) is 31.6 Å². The standard InChI is InChI=1S/C17H24N2O3S/c1-2-3-7-18-8-4-9-19-16(20)11-23-17(19)13-5-6-14-15(10-13)22-12-21-14/h5-6,10,17-18H,2-4,7-9,11-12H2,1H3. The smallest absolute Gasteiger partial charge is 0.233 e. The summed E-state index contributed by atoms with van der Waals surface area (Å²) in [5, 5.41) is 3.52. The zero-order valence-corrected chi connectivity index (χ0v) is 14.4. The summed E-state index contributed by atoms with van der Waals surface area (Å²) in [6.45, 7) is 5.29. The third kappa shape index (κ3) is 3.93. The lowest BCUT2D eigenvalue weighted by Crippen LogP contribution is -2.31. The van der Waals surface area contributed by atoms with Gasteiger partial charge in [-0.15, -0.1) is 11.8 Å². The molecule has 1 N–H and O–H groups in total. The van der Waals surface area contributed by atoms with Crippen LogP contribution >= 0.6 is 11.8 Å². The van der Waals surface area contributed by atoms with Crippen LogP contribution in [0.2, 0.25) is 0 Å². The van der Waals surface area contributed by atoms with Crippen LogP contribution < -0.4 is 14.8 Å². The predicted octanol–water partition coefficient (Wildman–Crippen LogP) is 2.77. The van der Waals surface area contributed by atoms with Gasteiger partial charge in [0.2, 0.25) is 12.7 Å². The summed E-state index contributed by atoms with van der Waals surface area (Å²) in [6, 6.07) is 5.98. The van der Waals surface area contributed by atoms with E-state index in [1.165, 1.54) is 12.8 Å². The van der Waals surface area contributed by atoms with E-state index in [-0.39, 0.29) is 18.1 Å². The molecule has 0 bridgehead atoms. The Labute approximate surface area is 141 Å². The van der Waals surface area contributed by atoms with Crippen molar-refractivity contribution in [1.82, 2.24) is 10.2 Å². The number of thioether (sulfide) groups is 1. The molecule has 1 atom stereocenters. The second-order valence-corrected chi connectivity index (χ2v) is 6.89. The summed E-state index contributed by atoms with van der Waals surface area (Å²) < 4.78 is 10.8. The van der Waals surface area contributed by atoms with Crippen molar-refractivity contribution >= 4 is 17.7 Å². The molecule has 1 saturated heterocycles. The minimum absolute atomic E-state index is 0.0904. The Bertz CT molecular complexity index is 553. The highest BCUT2D eigenvalue weighted by atomic mass is 32.2. The lowest BCUT2D eigenvalue weighted by Gasteiger charge is -2.24. The molecule has 5 nitrogen and oxygen atoms in total. The number of nitrogens with zero attached hydrogens (tertiary/aromatic N) is 1. The number of ether oxygens (including phenoxy) is 2. The highest BCUT2D eigenvalue weighted by Crippen LogP contribution is 2.42. The summed E-state index contributed by atoms with van der Waals surface area (Å²) in [5.41, 5.74) is 1.11. The lowest BCUT2D eigenvalue weighted by molar-refractivity contribution is -0.128. The Hall–Kier alpha value is -1.40. The quantitative estimate of drug-likeness (QED) is 0.740. The van der Waals surface area contributed by atoms with E-state index in [2.05, 4.69) is 12.2 Å². The van der Waals surface area contributed by atoms with Crippen LogP contribution in [0.15, 0.2) is 18.2 Å². The number of hydrogen-bond acceptors (Lipinski definition) is 5. The maximum absolute atomic E-state index is 12.2. The van der Waals surface area contributed by atoms with Crippen molar-refractivity contribution < 1.29 is 14.3 Å². The van der Waals surface area contributed by atoms with Gasteiger partial charge in [0.05, 0.1) is 5.75 Å². The molecule has 2 aliphatic rings. The van der Waals surface area contributed by atoms with Gasteiger partial charge in [-0.25, -0.2) is 0 Å². The number of benzene rings is 1. The number of carbonyl (C=O) groups is 1. The van der Waals surface area contributed by atoms with Crippen LogP contribution in [0.3, 0.4) is 0 Å². The number of rotatable bonds is 8. The molecular formula is C17H24N2O3S. The Morgan fingerprint density at radius 1 is 1.26 bits per heavy atom. The predicted molar refractivity (Wildman–Crippen MR) is 91.9 cm³/mol. The minimum atomic E-state index is 0.0904. The third-order valence-electron chi connectivity index (χ3n) is 4.11. The summed E-state index contributed by atoms with van der Waals surface area (Å²) in [7, 11) is 0. The zero-order chi connectivity index (χ0) is 16.1. The number of fused-ring (bicyclic) bond motifs is 1. The average molecular weight is 336 g/mol. The number of unbranched alkanes of at least 4 members (excludes halogenated alkanes) is 1. The molecule has 0 spiro atoms. The summed E-state index contributed by atoms with van der Waals surface area (Å²) in [6.07, 6.45) is 3.40. The van der Waals surface area contributed by atoms with Crippen LogP contribution in [0.5, 0.6) is 11.5 Å². The third-order valence-corrected chi connectivity index (χ3v) is 5.37. The fourth-order valence-corrected chi connectivity index (χ4v) is 4.05. The first-order valence-electron chi connectivity index (χ1n) is 8.31. The number of hydrogen-bond donors (Lipinski definition) is 1. The molecule has 126 valence electrons. The van der Waals surface area contributed by atoms with Crippen LogP contribution in [-0.2, 0) is 4.79 Å². The van der Waals surface area contributed by atoms with Crippen molar-refractivity contribution in [3.05, 3.63) is 23.8 Å². The van der Waals surface area contributed by atoms with E-state index >= 15 is 0 Å². The highest BCUT2D eigenvalue weighted by Gasteiger charge is 2.33.